The van der Waals surface area contributed by atoms with Crippen molar-refractivity contribution in [3.05, 3.63) is 53.1 Å². The van der Waals surface area contributed by atoms with Gasteiger partial charge in [0.25, 0.3) is 0 Å². The highest BCUT2D eigenvalue weighted by Gasteiger charge is 2.31. The molecular weight excluding hydrogens is 380 g/mol. The number of carboxylic acids is 1. The van der Waals surface area contributed by atoms with Crippen LogP contribution in [0.15, 0.2) is 41.4 Å². The Balaban J connectivity index is 2.06. The molecule has 0 aliphatic carbocycles. The lowest BCUT2D eigenvalue weighted by Crippen LogP contribution is -2.45. The van der Waals surface area contributed by atoms with Crippen LogP contribution in [-0.2, 0) is 0 Å². The minimum absolute atomic E-state index is 0.0903. The Morgan fingerprint density at radius 1 is 1.27 bits per heavy atom. The van der Waals surface area contributed by atoms with Crippen molar-refractivity contribution in [2.24, 2.45) is 4.99 Å². The number of nitrogens with zero attached hydrogens (tertiary/aromatic N) is 2. The predicted molar refractivity (Wildman–Crippen MR) is 121 cm³/mol. The molecule has 0 unspecified atom stereocenters. The summed E-state index contributed by atoms with van der Waals surface area (Å²) in [6.07, 6.45) is 4.97. The summed E-state index contributed by atoms with van der Waals surface area (Å²) in [7, 11) is 1.63. The van der Waals surface area contributed by atoms with Gasteiger partial charge in [-0.25, -0.2) is 4.79 Å². The van der Waals surface area contributed by atoms with Gasteiger partial charge in [0.05, 0.1) is 18.3 Å². The third-order valence-corrected chi connectivity index (χ3v) is 5.34. The van der Waals surface area contributed by atoms with Gasteiger partial charge >= 0.3 is 5.97 Å². The molecule has 0 atom stereocenters. The molecule has 158 valence electrons. The molecule has 2 N–H and O–H groups in total. The van der Waals surface area contributed by atoms with E-state index in [0.29, 0.717) is 11.4 Å². The van der Waals surface area contributed by atoms with E-state index in [4.69, 9.17) is 4.74 Å². The molecule has 2 aromatic rings. The SMILES string of the molecule is CCCN1c2cc(OC)c(C=Nc3ccc(O)c(C(=O)O)c3)cc2C(C)=CC1(C)C. The normalized spacial score (nSPS) is 15.1. The molecule has 0 bridgehead atoms. The minimum atomic E-state index is -1.20. The number of hydrogen-bond donors (Lipinski definition) is 2. The summed E-state index contributed by atoms with van der Waals surface area (Å²) < 4.78 is 5.64. The number of fused-ring (bicyclic) bond motifs is 1. The Labute approximate surface area is 177 Å². The highest BCUT2D eigenvalue weighted by molar-refractivity contribution is 5.94. The van der Waals surface area contributed by atoms with Crippen LogP contribution in [-0.4, -0.2) is 41.6 Å². The number of aromatic hydroxyl groups is 1. The number of anilines is 1. The molecule has 1 heterocycles. The number of benzene rings is 2. The Bertz CT molecular complexity index is 1040. The van der Waals surface area contributed by atoms with Gasteiger partial charge in [-0.05, 0) is 57.0 Å². The van der Waals surface area contributed by atoms with Gasteiger partial charge in [-0.15, -0.1) is 0 Å². The van der Waals surface area contributed by atoms with Gasteiger partial charge in [0.1, 0.15) is 17.1 Å². The number of methoxy groups -OCH3 is 1. The molecule has 0 saturated carbocycles. The van der Waals surface area contributed by atoms with Crippen LogP contribution in [0.4, 0.5) is 11.4 Å². The first-order valence-electron chi connectivity index (χ1n) is 9.97. The quantitative estimate of drug-likeness (QED) is 0.637. The number of phenols is 1. The van der Waals surface area contributed by atoms with Crippen LogP contribution in [0.25, 0.3) is 5.57 Å². The summed E-state index contributed by atoms with van der Waals surface area (Å²) >= 11 is 0. The maximum atomic E-state index is 11.2. The molecule has 1 aliphatic heterocycles. The van der Waals surface area contributed by atoms with Crippen molar-refractivity contribution >= 4 is 29.1 Å². The largest absolute Gasteiger partial charge is 0.507 e. The topological polar surface area (TPSA) is 82.4 Å². The lowest BCUT2D eigenvalue weighted by molar-refractivity contribution is 0.0693. The Morgan fingerprint density at radius 3 is 2.63 bits per heavy atom. The monoisotopic (exact) mass is 408 g/mol. The second-order valence-electron chi connectivity index (χ2n) is 8.01. The highest BCUT2D eigenvalue weighted by atomic mass is 16.5. The number of aliphatic imine (C=N–C) groups is 1. The van der Waals surface area contributed by atoms with Crippen molar-refractivity contribution < 1.29 is 19.7 Å². The third-order valence-electron chi connectivity index (χ3n) is 5.34. The van der Waals surface area contributed by atoms with Gasteiger partial charge in [0, 0.05) is 35.6 Å². The zero-order valence-corrected chi connectivity index (χ0v) is 18.1. The van der Waals surface area contributed by atoms with Crippen molar-refractivity contribution in [1.82, 2.24) is 0 Å². The summed E-state index contributed by atoms with van der Waals surface area (Å²) in [5.41, 5.74) is 4.41. The van der Waals surface area contributed by atoms with Crippen molar-refractivity contribution in [1.29, 1.82) is 0 Å². The van der Waals surface area contributed by atoms with Crippen LogP contribution >= 0.6 is 0 Å². The number of hydrogen-bond acceptors (Lipinski definition) is 5. The number of carbonyl (C=O) groups is 1. The molecule has 0 aromatic heterocycles. The van der Waals surface area contributed by atoms with Gasteiger partial charge in [0.2, 0.25) is 0 Å². The number of ether oxygens (including phenoxy) is 1. The van der Waals surface area contributed by atoms with E-state index in [1.165, 1.54) is 17.7 Å². The van der Waals surface area contributed by atoms with Crippen molar-refractivity contribution in [2.45, 2.75) is 39.7 Å². The van der Waals surface area contributed by atoms with Crippen LogP contribution < -0.4 is 9.64 Å². The van der Waals surface area contributed by atoms with Crippen LogP contribution in [0.5, 0.6) is 11.5 Å². The minimum Gasteiger partial charge on any atom is -0.507 e. The highest BCUT2D eigenvalue weighted by Crippen LogP contribution is 2.42. The molecule has 6 heteroatoms. The number of allylic oxidation sites excluding steroid dienone is 1. The standard InChI is InChI=1S/C24H28N2O4/c1-6-9-26-20-12-22(30-5)16(10-18(20)15(2)13-24(26,3)4)14-25-17-7-8-21(27)19(11-17)23(28)29/h7-8,10-14,27H,6,9H2,1-5H3,(H,28,29). The van der Waals surface area contributed by atoms with E-state index in [9.17, 15) is 15.0 Å². The molecule has 1 aliphatic rings. The van der Waals surface area contributed by atoms with Crippen molar-refractivity contribution in [2.75, 3.05) is 18.6 Å². The molecule has 3 rings (SSSR count). The molecule has 0 fully saturated rings. The second-order valence-corrected chi connectivity index (χ2v) is 8.01. The Morgan fingerprint density at radius 2 is 2.00 bits per heavy atom. The van der Waals surface area contributed by atoms with E-state index in [1.54, 1.807) is 19.4 Å². The van der Waals surface area contributed by atoms with E-state index < -0.39 is 5.97 Å². The predicted octanol–water partition coefficient (Wildman–Crippen LogP) is 5.26. The van der Waals surface area contributed by atoms with Crippen molar-refractivity contribution in [3.63, 3.8) is 0 Å². The lowest BCUT2D eigenvalue weighted by atomic mass is 9.87. The first-order chi connectivity index (χ1) is 14.2. The molecule has 6 nitrogen and oxygen atoms in total. The van der Waals surface area contributed by atoms with Gasteiger partial charge in [-0.3, -0.25) is 4.99 Å². The fourth-order valence-electron chi connectivity index (χ4n) is 3.95. The van der Waals surface area contributed by atoms with E-state index in [-0.39, 0.29) is 16.9 Å². The van der Waals surface area contributed by atoms with Crippen molar-refractivity contribution in [3.8, 4) is 11.5 Å². The first kappa shape index (κ1) is 21.4. The van der Waals surface area contributed by atoms with Crippen LogP contribution in [0.2, 0.25) is 0 Å². The van der Waals surface area contributed by atoms with Crippen LogP contribution in [0, 0.1) is 0 Å². The zero-order valence-electron chi connectivity index (χ0n) is 18.1. The molecular formula is C24H28N2O4. The number of aromatic carboxylic acids is 1. The molecule has 30 heavy (non-hydrogen) atoms. The van der Waals surface area contributed by atoms with E-state index in [1.807, 2.05) is 6.07 Å². The average Bonchev–Trinajstić information content (AvgIpc) is 2.69. The molecule has 0 saturated heterocycles. The maximum Gasteiger partial charge on any atom is 0.339 e. The van der Waals surface area contributed by atoms with Gasteiger partial charge in [-0.1, -0.05) is 13.0 Å². The number of carboxylic acid groups (broad SMARTS) is 1. The summed E-state index contributed by atoms with van der Waals surface area (Å²) in [5, 5.41) is 18.9. The molecule has 0 amide bonds. The third kappa shape index (κ3) is 4.03. The van der Waals surface area contributed by atoms with E-state index >= 15 is 0 Å². The lowest BCUT2D eigenvalue weighted by Gasteiger charge is -2.43. The van der Waals surface area contributed by atoms with Crippen LogP contribution in [0.1, 0.15) is 55.6 Å². The average molecular weight is 408 g/mol. The fourth-order valence-corrected chi connectivity index (χ4v) is 3.95. The summed E-state index contributed by atoms with van der Waals surface area (Å²) in [6, 6.07) is 8.34. The molecule has 0 radical (unpaired) electrons. The van der Waals surface area contributed by atoms with Crippen LogP contribution in [0.3, 0.4) is 0 Å². The summed E-state index contributed by atoms with van der Waals surface area (Å²) in [5.74, 6) is -0.788. The smallest absolute Gasteiger partial charge is 0.339 e. The maximum absolute atomic E-state index is 11.2. The Kier molecular flexibility index (Phi) is 5.87. The van der Waals surface area contributed by atoms with Gasteiger partial charge < -0.3 is 19.8 Å². The fraction of sp³-hybridized carbons (Fsp3) is 0.333. The van der Waals surface area contributed by atoms with E-state index in [2.05, 4.69) is 49.7 Å². The summed E-state index contributed by atoms with van der Waals surface area (Å²) in [6.45, 7) is 9.63. The zero-order chi connectivity index (χ0) is 22.1. The number of rotatable bonds is 6. The Hall–Kier alpha value is -3.28. The van der Waals surface area contributed by atoms with E-state index in [0.717, 1.165) is 29.8 Å². The second kappa shape index (κ2) is 8.22. The molecule has 0 spiro atoms. The molecule has 2 aromatic carbocycles. The van der Waals surface area contributed by atoms with Gasteiger partial charge in [0.15, 0.2) is 0 Å². The first-order valence-corrected chi connectivity index (χ1v) is 9.97. The van der Waals surface area contributed by atoms with Gasteiger partial charge in [-0.2, -0.15) is 0 Å². The summed E-state index contributed by atoms with van der Waals surface area (Å²) in [4.78, 5) is 18.0.